The highest BCUT2D eigenvalue weighted by Crippen LogP contribution is 2.22. The van der Waals surface area contributed by atoms with Gasteiger partial charge in [-0.15, -0.1) is 0 Å². The van der Waals surface area contributed by atoms with Gasteiger partial charge in [-0.1, -0.05) is 30.2 Å². The summed E-state index contributed by atoms with van der Waals surface area (Å²) in [5.74, 6) is 5.15. The average molecular weight is 395 g/mol. The molecule has 0 saturated heterocycles. The van der Waals surface area contributed by atoms with Gasteiger partial charge < -0.3 is 5.73 Å². The van der Waals surface area contributed by atoms with E-state index in [0.29, 0.717) is 11.3 Å². The van der Waals surface area contributed by atoms with E-state index in [1.54, 1.807) is 44.2 Å². The molecular formula is C21H18FN3O2S. The van der Waals surface area contributed by atoms with Crippen molar-refractivity contribution in [2.75, 3.05) is 5.73 Å². The van der Waals surface area contributed by atoms with E-state index < -0.39 is 20.9 Å². The molecule has 0 radical (unpaired) electrons. The molecule has 0 bridgehead atoms. The first-order valence-corrected chi connectivity index (χ1v) is 10.1. The molecule has 0 spiro atoms. The molecule has 7 heteroatoms. The van der Waals surface area contributed by atoms with E-state index in [2.05, 4.69) is 21.8 Å². The number of halogens is 1. The molecule has 2 aromatic carbocycles. The molecule has 1 heterocycles. The third-order valence-electron chi connectivity index (χ3n) is 4.09. The summed E-state index contributed by atoms with van der Waals surface area (Å²) in [6.45, 7) is 3.27. The van der Waals surface area contributed by atoms with Crippen LogP contribution in [0.5, 0.6) is 0 Å². The van der Waals surface area contributed by atoms with Gasteiger partial charge in [-0.05, 0) is 44.0 Å². The molecule has 1 aromatic heterocycles. The quantitative estimate of drug-likeness (QED) is 0.687. The van der Waals surface area contributed by atoms with Gasteiger partial charge in [0.1, 0.15) is 5.82 Å². The number of nitrogens with two attached hydrogens (primary N) is 1. The van der Waals surface area contributed by atoms with Crippen LogP contribution in [0.3, 0.4) is 0 Å². The van der Waals surface area contributed by atoms with Gasteiger partial charge in [-0.25, -0.2) is 22.8 Å². The Balaban J connectivity index is 1.95. The first-order chi connectivity index (χ1) is 13.3. The van der Waals surface area contributed by atoms with Crippen LogP contribution < -0.4 is 5.73 Å². The smallest absolute Gasteiger partial charge is 0.180 e. The third-order valence-corrected chi connectivity index (χ3v) is 6.26. The molecule has 28 heavy (non-hydrogen) atoms. The second-order valence-corrected chi connectivity index (χ2v) is 8.84. The highest BCUT2D eigenvalue weighted by atomic mass is 32.2. The number of anilines is 1. The number of sulfone groups is 1. The summed E-state index contributed by atoms with van der Waals surface area (Å²) in [5, 5.41) is -0.505. The zero-order chi connectivity index (χ0) is 20.3. The number of rotatable bonds is 3. The minimum Gasteiger partial charge on any atom is -0.381 e. The molecule has 0 fully saturated rings. The van der Waals surface area contributed by atoms with Crippen LogP contribution >= 0.6 is 0 Å². The van der Waals surface area contributed by atoms with Gasteiger partial charge >= 0.3 is 0 Å². The lowest BCUT2D eigenvalue weighted by atomic mass is 10.1. The highest BCUT2D eigenvalue weighted by Gasteiger charge is 2.19. The lowest BCUT2D eigenvalue weighted by molar-refractivity contribution is 0.587. The molecule has 5 nitrogen and oxygen atoms in total. The van der Waals surface area contributed by atoms with Crippen molar-refractivity contribution in [3.8, 4) is 23.1 Å². The number of nitrogen functional groups attached to an aromatic ring is 1. The predicted octanol–water partition coefficient (Wildman–Crippen LogP) is 3.45. The van der Waals surface area contributed by atoms with Crippen LogP contribution in [0.15, 0.2) is 59.6 Å². The van der Waals surface area contributed by atoms with Gasteiger partial charge in [0, 0.05) is 5.56 Å². The van der Waals surface area contributed by atoms with Gasteiger partial charge in [0.25, 0.3) is 0 Å². The number of hydrogen-bond donors (Lipinski definition) is 1. The summed E-state index contributed by atoms with van der Waals surface area (Å²) >= 11 is 0. The van der Waals surface area contributed by atoms with E-state index in [1.165, 1.54) is 24.4 Å². The Morgan fingerprint density at radius 1 is 1.04 bits per heavy atom. The molecule has 0 aliphatic heterocycles. The lowest BCUT2D eigenvalue weighted by Crippen LogP contribution is -2.13. The van der Waals surface area contributed by atoms with Crippen molar-refractivity contribution >= 4 is 15.7 Å². The number of hydrogen-bond acceptors (Lipinski definition) is 5. The molecule has 3 rings (SSSR count). The van der Waals surface area contributed by atoms with Gasteiger partial charge in [-0.3, -0.25) is 0 Å². The summed E-state index contributed by atoms with van der Waals surface area (Å²) in [6.07, 6.45) is 1.48. The topological polar surface area (TPSA) is 85.9 Å². The zero-order valence-electron chi connectivity index (χ0n) is 15.3. The van der Waals surface area contributed by atoms with Crippen LogP contribution in [-0.2, 0) is 9.84 Å². The Kier molecular flexibility index (Phi) is 5.43. The van der Waals surface area contributed by atoms with Gasteiger partial charge in [-0.2, -0.15) is 0 Å². The largest absolute Gasteiger partial charge is 0.381 e. The maximum Gasteiger partial charge on any atom is 0.180 e. The Hall–Kier alpha value is -3.24. The summed E-state index contributed by atoms with van der Waals surface area (Å²) in [5.41, 5.74) is 7.45. The van der Waals surface area contributed by atoms with Crippen molar-refractivity contribution < 1.29 is 12.8 Å². The fourth-order valence-corrected chi connectivity index (χ4v) is 3.47. The summed E-state index contributed by atoms with van der Waals surface area (Å²) in [7, 11) is -3.35. The number of nitrogens with zero attached hydrogens (tertiary/aromatic N) is 2. The molecule has 3 aromatic rings. The van der Waals surface area contributed by atoms with Crippen molar-refractivity contribution in [3.05, 3.63) is 71.8 Å². The van der Waals surface area contributed by atoms with Gasteiger partial charge in [0.2, 0.25) is 0 Å². The molecule has 0 atom stereocenters. The molecule has 0 unspecified atom stereocenters. The van der Waals surface area contributed by atoms with E-state index in [9.17, 15) is 12.8 Å². The zero-order valence-corrected chi connectivity index (χ0v) is 16.2. The first-order valence-electron chi connectivity index (χ1n) is 8.52. The van der Waals surface area contributed by atoms with Crippen LogP contribution in [0, 0.1) is 17.7 Å². The minimum atomic E-state index is -3.35. The van der Waals surface area contributed by atoms with E-state index in [-0.39, 0.29) is 22.0 Å². The standard InChI is InChI=1S/C21H18FN3O2S/c1-14(2)28(26,27)17-10-7-16(8-11-17)20-13-24-21(23)19(25-20)12-9-15-5-3-4-6-18(15)22/h3-8,10-11,13-14H,1-2H3,(H2,23,24). The van der Waals surface area contributed by atoms with E-state index in [4.69, 9.17) is 5.73 Å². The van der Waals surface area contributed by atoms with Crippen molar-refractivity contribution in [1.82, 2.24) is 9.97 Å². The van der Waals surface area contributed by atoms with Gasteiger partial charge in [0.05, 0.1) is 27.6 Å². The van der Waals surface area contributed by atoms with Crippen molar-refractivity contribution in [2.45, 2.75) is 24.0 Å². The SMILES string of the molecule is CC(C)S(=O)(=O)c1ccc(-c2cnc(N)c(C#Cc3ccccc3F)n2)cc1. The Bertz CT molecular complexity index is 1180. The van der Waals surface area contributed by atoms with Crippen molar-refractivity contribution in [2.24, 2.45) is 0 Å². The molecule has 2 N–H and O–H groups in total. The first kappa shape index (κ1) is 19.5. The van der Waals surface area contributed by atoms with E-state index in [0.717, 1.165) is 0 Å². The summed E-state index contributed by atoms with van der Waals surface area (Å²) < 4.78 is 38.2. The second-order valence-electron chi connectivity index (χ2n) is 6.34. The molecule has 0 amide bonds. The lowest BCUT2D eigenvalue weighted by Gasteiger charge is -2.08. The van der Waals surface area contributed by atoms with Crippen molar-refractivity contribution in [1.29, 1.82) is 0 Å². The second kappa shape index (κ2) is 7.79. The van der Waals surface area contributed by atoms with Crippen LogP contribution in [-0.4, -0.2) is 23.6 Å². The average Bonchev–Trinajstić information content (AvgIpc) is 2.68. The number of aromatic nitrogens is 2. The maximum atomic E-state index is 13.7. The Morgan fingerprint density at radius 3 is 2.36 bits per heavy atom. The molecular weight excluding hydrogens is 377 g/mol. The normalized spacial score (nSPS) is 11.1. The van der Waals surface area contributed by atoms with E-state index >= 15 is 0 Å². The van der Waals surface area contributed by atoms with Crippen LogP contribution in [0.2, 0.25) is 0 Å². The monoisotopic (exact) mass is 395 g/mol. The molecule has 0 aliphatic carbocycles. The Labute approximate surface area is 163 Å². The highest BCUT2D eigenvalue weighted by molar-refractivity contribution is 7.92. The maximum absolute atomic E-state index is 13.7. The molecule has 142 valence electrons. The predicted molar refractivity (Wildman–Crippen MR) is 107 cm³/mol. The van der Waals surface area contributed by atoms with Crippen LogP contribution in [0.1, 0.15) is 25.1 Å². The fourth-order valence-electron chi connectivity index (χ4n) is 2.41. The van der Waals surface area contributed by atoms with Gasteiger partial charge in [0.15, 0.2) is 21.3 Å². The summed E-state index contributed by atoms with van der Waals surface area (Å²) in [6, 6.07) is 12.5. The third kappa shape index (κ3) is 4.02. The van der Waals surface area contributed by atoms with Crippen molar-refractivity contribution in [3.63, 3.8) is 0 Å². The molecule has 0 aliphatic rings. The van der Waals surface area contributed by atoms with Crippen LogP contribution in [0.25, 0.3) is 11.3 Å². The minimum absolute atomic E-state index is 0.131. The Morgan fingerprint density at radius 2 is 1.71 bits per heavy atom. The molecule has 0 saturated carbocycles. The van der Waals surface area contributed by atoms with E-state index in [1.807, 2.05) is 0 Å². The fraction of sp³-hybridized carbons (Fsp3) is 0.143. The summed E-state index contributed by atoms with van der Waals surface area (Å²) in [4.78, 5) is 8.72. The number of benzene rings is 2. The van der Waals surface area contributed by atoms with Crippen LogP contribution in [0.4, 0.5) is 10.2 Å².